The number of fused-ring (bicyclic) bond motifs is 2. The first-order valence-electron chi connectivity index (χ1n) is 10.4. The molecule has 144 valence electrons. The van der Waals surface area contributed by atoms with E-state index in [9.17, 15) is 0 Å². The number of ether oxygens (including phenoxy) is 1. The summed E-state index contributed by atoms with van der Waals surface area (Å²) < 4.78 is 6.62. The van der Waals surface area contributed by atoms with E-state index in [1.807, 2.05) is 30.3 Å². The summed E-state index contributed by atoms with van der Waals surface area (Å²) >= 11 is 0. The summed E-state index contributed by atoms with van der Waals surface area (Å²) in [5.74, 6) is 3.32. The molecule has 1 heterocycles. The van der Waals surface area contributed by atoms with Crippen molar-refractivity contribution in [3.8, 4) is 5.75 Å². The predicted octanol–water partition coefficient (Wildman–Crippen LogP) is 6.33. The molecule has 0 bridgehead atoms. The van der Waals surface area contributed by atoms with E-state index in [1.54, 1.807) is 0 Å². The van der Waals surface area contributed by atoms with E-state index in [1.165, 1.54) is 19.3 Å². The molecule has 3 aromatic rings. The van der Waals surface area contributed by atoms with E-state index >= 15 is 0 Å². The minimum Gasteiger partial charge on any atom is -0.486 e. The average Bonchev–Trinajstić information content (AvgIpc) is 2.98. The van der Waals surface area contributed by atoms with Crippen LogP contribution in [0.1, 0.15) is 51.4 Å². The fourth-order valence-corrected chi connectivity index (χ4v) is 5.32. The minimum absolute atomic E-state index is 0.0380. The second kappa shape index (κ2) is 6.23. The zero-order chi connectivity index (χ0) is 19.4. The predicted molar refractivity (Wildman–Crippen MR) is 115 cm³/mol. The second-order valence-corrected chi connectivity index (χ2v) is 9.19. The third kappa shape index (κ3) is 2.76. The van der Waals surface area contributed by atoms with Crippen LogP contribution in [0.15, 0.2) is 48.5 Å². The van der Waals surface area contributed by atoms with Crippen LogP contribution in [-0.2, 0) is 0 Å². The molecule has 2 saturated carbocycles. The first-order valence-corrected chi connectivity index (χ1v) is 10.4. The van der Waals surface area contributed by atoms with Crippen LogP contribution in [0.4, 0.5) is 0 Å². The van der Waals surface area contributed by atoms with Crippen molar-refractivity contribution in [1.29, 1.82) is 0 Å². The number of rotatable bonds is 4. The lowest BCUT2D eigenvalue weighted by Crippen LogP contribution is -2.30. The van der Waals surface area contributed by atoms with Gasteiger partial charge in [0.05, 0.1) is 11.0 Å². The summed E-state index contributed by atoms with van der Waals surface area (Å²) in [6.07, 6.45) is 7.93. The van der Waals surface area contributed by atoms with Crippen molar-refractivity contribution >= 4 is 23.2 Å². The van der Waals surface area contributed by atoms with Crippen molar-refractivity contribution in [3.63, 3.8) is 0 Å². The molecule has 3 atom stereocenters. The maximum absolute atomic E-state index is 6.62. The molecule has 1 N–H and O–H groups in total. The van der Waals surface area contributed by atoms with Gasteiger partial charge in [0.15, 0.2) is 0 Å². The lowest BCUT2D eigenvalue weighted by molar-refractivity contribution is 0.0847. The number of H-pyrrole nitrogens is 1. The molecule has 2 aromatic carbocycles. The Labute approximate surface area is 166 Å². The molecule has 0 spiro atoms. The molecule has 5 rings (SSSR count). The van der Waals surface area contributed by atoms with Crippen LogP contribution in [0.25, 0.3) is 23.2 Å². The Morgan fingerprint density at radius 3 is 2.61 bits per heavy atom. The fraction of sp³-hybridized carbons (Fsp3) is 0.400. The number of aromatic nitrogens is 2. The average molecular weight is 373 g/mol. The first kappa shape index (κ1) is 17.5. The Balaban J connectivity index is 1.31. The molecule has 2 aliphatic carbocycles. The molecule has 0 saturated heterocycles. The minimum atomic E-state index is 0.0380. The third-order valence-corrected chi connectivity index (χ3v) is 7.06. The number of nitrogens with zero attached hydrogens (tertiary/aromatic N) is 1. The molecular formula is C25H28N2O. The zero-order valence-corrected chi connectivity index (χ0v) is 16.9. The molecule has 0 aliphatic heterocycles. The largest absolute Gasteiger partial charge is 0.486 e. The molecule has 3 unspecified atom stereocenters. The van der Waals surface area contributed by atoms with Crippen LogP contribution < -0.4 is 4.74 Å². The monoisotopic (exact) mass is 372 g/mol. The zero-order valence-electron chi connectivity index (χ0n) is 16.9. The van der Waals surface area contributed by atoms with Crippen molar-refractivity contribution in [2.45, 2.75) is 45.6 Å². The molecule has 3 heteroatoms. The first-order chi connectivity index (χ1) is 13.5. The van der Waals surface area contributed by atoms with Crippen molar-refractivity contribution in [2.24, 2.45) is 17.3 Å². The summed E-state index contributed by atoms with van der Waals surface area (Å²) in [5, 5.41) is 0. The number of nitrogens with one attached hydrogen (secondary N) is 1. The Morgan fingerprint density at radius 2 is 1.82 bits per heavy atom. The van der Waals surface area contributed by atoms with Crippen molar-refractivity contribution in [3.05, 3.63) is 59.9 Å². The van der Waals surface area contributed by atoms with Gasteiger partial charge in [0.1, 0.15) is 17.2 Å². The summed E-state index contributed by atoms with van der Waals surface area (Å²) in [6.45, 7) is 7.11. The quantitative estimate of drug-likeness (QED) is 0.581. The summed E-state index contributed by atoms with van der Waals surface area (Å²) in [6, 6.07) is 16.6. The van der Waals surface area contributed by atoms with Gasteiger partial charge in [0, 0.05) is 11.3 Å². The van der Waals surface area contributed by atoms with Gasteiger partial charge in [-0.25, -0.2) is 4.98 Å². The fourth-order valence-electron chi connectivity index (χ4n) is 5.32. The van der Waals surface area contributed by atoms with Crippen LogP contribution in [0.2, 0.25) is 0 Å². The number of imidazole rings is 1. The normalized spacial score (nSPS) is 28.4. The van der Waals surface area contributed by atoms with E-state index in [4.69, 9.17) is 4.74 Å². The van der Waals surface area contributed by atoms with Crippen LogP contribution >= 0.6 is 0 Å². The van der Waals surface area contributed by atoms with Crippen molar-refractivity contribution in [2.75, 3.05) is 0 Å². The standard InChI is InChI=1S/C25H28N2O/c1-17-8-14-22-24(2,3)25(22,16-17)28-19-12-9-18(10-13-19)11-15-23-26-20-6-4-5-7-21(20)27-23/h4-7,9-13,15,17,22H,8,14,16H2,1-3H3,(H,26,27). The van der Waals surface area contributed by atoms with Gasteiger partial charge in [-0.3, -0.25) is 0 Å². The van der Waals surface area contributed by atoms with Gasteiger partial charge in [0.25, 0.3) is 0 Å². The van der Waals surface area contributed by atoms with Crippen LogP contribution in [0.3, 0.4) is 0 Å². The highest BCUT2D eigenvalue weighted by molar-refractivity contribution is 5.78. The van der Waals surface area contributed by atoms with Crippen molar-refractivity contribution < 1.29 is 4.74 Å². The highest BCUT2D eigenvalue weighted by Gasteiger charge is 2.74. The second-order valence-electron chi connectivity index (χ2n) is 9.19. The molecule has 0 amide bonds. The molecule has 1 aromatic heterocycles. The van der Waals surface area contributed by atoms with Gasteiger partial charge >= 0.3 is 0 Å². The van der Waals surface area contributed by atoms with E-state index in [0.717, 1.165) is 34.1 Å². The Bertz CT molecular complexity index is 997. The van der Waals surface area contributed by atoms with E-state index in [2.05, 4.69) is 61.1 Å². The number of hydrogen-bond acceptors (Lipinski definition) is 2. The SMILES string of the molecule is CC1CCC2C(C)(C)C2(Oc2ccc(C=Cc3nc4ccccc4[nH]3)cc2)C1. The summed E-state index contributed by atoms with van der Waals surface area (Å²) in [7, 11) is 0. The Kier molecular flexibility index (Phi) is 3.90. The lowest BCUT2D eigenvalue weighted by atomic mass is 9.88. The lowest BCUT2D eigenvalue weighted by Gasteiger charge is -2.29. The van der Waals surface area contributed by atoms with Gasteiger partial charge in [0.2, 0.25) is 0 Å². The summed E-state index contributed by atoms with van der Waals surface area (Å²) in [4.78, 5) is 7.93. The van der Waals surface area contributed by atoms with Gasteiger partial charge in [-0.2, -0.15) is 0 Å². The molecular weight excluding hydrogens is 344 g/mol. The summed E-state index contributed by atoms with van der Waals surface area (Å²) in [5.41, 5.74) is 3.53. The molecule has 2 fully saturated rings. The molecule has 0 radical (unpaired) electrons. The van der Waals surface area contributed by atoms with E-state index in [0.29, 0.717) is 5.92 Å². The maximum Gasteiger partial charge on any atom is 0.131 e. The van der Waals surface area contributed by atoms with Crippen LogP contribution in [0, 0.1) is 17.3 Å². The molecule has 3 nitrogen and oxygen atoms in total. The van der Waals surface area contributed by atoms with Gasteiger partial charge in [-0.1, -0.05) is 57.5 Å². The maximum atomic E-state index is 6.62. The third-order valence-electron chi connectivity index (χ3n) is 7.06. The number of hydrogen-bond donors (Lipinski definition) is 1. The van der Waals surface area contributed by atoms with Crippen LogP contribution in [0.5, 0.6) is 5.75 Å². The molecule has 2 aliphatic rings. The van der Waals surface area contributed by atoms with E-state index in [-0.39, 0.29) is 11.0 Å². The van der Waals surface area contributed by atoms with E-state index < -0.39 is 0 Å². The van der Waals surface area contributed by atoms with Gasteiger partial charge in [-0.05, 0) is 54.7 Å². The number of para-hydroxylation sites is 2. The smallest absolute Gasteiger partial charge is 0.131 e. The van der Waals surface area contributed by atoms with Gasteiger partial charge in [-0.15, -0.1) is 0 Å². The number of benzene rings is 2. The van der Waals surface area contributed by atoms with Crippen LogP contribution in [-0.4, -0.2) is 15.6 Å². The molecule has 28 heavy (non-hydrogen) atoms. The van der Waals surface area contributed by atoms with Crippen molar-refractivity contribution in [1.82, 2.24) is 9.97 Å². The Hall–Kier alpha value is -2.55. The number of aromatic amines is 1. The topological polar surface area (TPSA) is 37.9 Å². The highest BCUT2D eigenvalue weighted by atomic mass is 16.5. The highest BCUT2D eigenvalue weighted by Crippen LogP contribution is 2.70. The Morgan fingerprint density at radius 1 is 1.04 bits per heavy atom. The van der Waals surface area contributed by atoms with Gasteiger partial charge < -0.3 is 9.72 Å².